The van der Waals surface area contributed by atoms with Gasteiger partial charge < -0.3 is 25.4 Å². The van der Waals surface area contributed by atoms with Gasteiger partial charge in [-0.15, -0.1) is 0 Å². The number of hydrogen-bond acceptors (Lipinski definition) is 8. The van der Waals surface area contributed by atoms with E-state index in [-0.39, 0.29) is 35.7 Å². The van der Waals surface area contributed by atoms with Gasteiger partial charge in [0.2, 0.25) is 0 Å². The van der Waals surface area contributed by atoms with Gasteiger partial charge in [-0.1, -0.05) is 58.9 Å². The van der Waals surface area contributed by atoms with Crippen LogP contribution in [0.3, 0.4) is 0 Å². The SMILES string of the molecule is COCCOc1cccc(C2=NC3(CCC(C(C)C)CC3)N(C(CCC(C)(C)C)c3ccc(C(=O)NCC(N)=NNN)cc3)C2=O)c1. The first-order chi connectivity index (χ1) is 22.4. The Balaban J connectivity index is 1.71. The highest BCUT2D eigenvalue weighted by atomic mass is 16.5. The first-order valence-electron chi connectivity index (χ1n) is 16.7. The van der Waals surface area contributed by atoms with Crippen LogP contribution in [0.4, 0.5) is 0 Å². The Labute approximate surface area is 279 Å². The molecule has 256 valence electrons. The van der Waals surface area contributed by atoms with E-state index in [0.717, 1.165) is 49.7 Å². The zero-order valence-corrected chi connectivity index (χ0v) is 28.8. The van der Waals surface area contributed by atoms with E-state index in [1.807, 2.05) is 36.4 Å². The fraction of sp³-hybridized carbons (Fsp3) is 0.556. The average Bonchev–Trinajstić information content (AvgIpc) is 3.31. The van der Waals surface area contributed by atoms with Crippen LogP contribution < -0.4 is 27.2 Å². The smallest absolute Gasteiger partial charge is 0.275 e. The van der Waals surface area contributed by atoms with E-state index in [1.54, 1.807) is 19.2 Å². The van der Waals surface area contributed by atoms with Gasteiger partial charge in [0.25, 0.3) is 11.8 Å². The molecule has 1 spiro atoms. The lowest BCUT2D eigenvalue weighted by molar-refractivity contribution is -0.133. The lowest BCUT2D eigenvalue weighted by Crippen LogP contribution is -2.51. The third kappa shape index (κ3) is 9.10. The molecule has 2 amide bonds. The quantitative estimate of drug-likeness (QED) is 0.0746. The minimum absolute atomic E-state index is 0.0555. The average molecular weight is 648 g/mol. The second-order valence-electron chi connectivity index (χ2n) is 14.2. The van der Waals surface area contributed by atoms with Gasteiger partial charge in [0.05, 0.1) is 19.2 Å². The van der Waals surface area contributed by atoms with Crippen LogP contribution in [0, 0.1) is 17.3 Å². The molecule has 2 aliphatic rings. The van der Waals surface area contributed by atoms with Crippen molar-refractivity contribution in [1.29, 1.82) is 0 Å². The number of nitrogens with zero attached hydrogens (tertiary/aromatic N) is 3. The normalized spacial score (nSPS) is 20.8. The van der Waals surface area contributed by atoms with Gasteiger partial charge >= 0.3 is 0 Å². The highest BCUT2D eigenvalue weighted by molar-refractivity contribution is 6.46. The molecule has 11 nitrogen and oxygen atoms in total. The van der Waals surface area contributed by atoms with Crippen molar-refractivity contribution < 1.29 is 19.1 Å². The van der Waals surface area contributed by atoms with Gasteiger partial charge in [-0.3, -0.25) is 14.6 Å². The lowest BCUT2D eigenvalue weighted by Gasteiger charge is -2.46. The molecule has 6 N–H and O–H groups in total. The molecule has 0 saturated heterocycles. The molecule has 4 rings (SSSR count). The molecule has 1 atom stereocenters. The molecule has 0 aromatic heterocycles. The Hall–Kier alpha value is -3.96. The minimum Gasteiger partial charge on any atom is -0.491 e. The van der Waals surface area contributed by atoms with Crippen molar-refractivity contribution in [2.45, 2.75) is 84.8 Å². The molecule has 1 fully saturated rings. The number of hydrazine groups is 1. The van der Waals surface area contributed by atoms with E-state index in [1.165, 1.54) is 0 Å². The Morgan fingerprint density at radius 3 is 2.45 bits per heavy atom. The van der Waals surface area contributed by atoms with Crippen LogP contribution in [-0.4, -0.2) is 60.8 Å². The van der Waals surface area contributed by atoms with E-state index < -0.39 is 5.66 Å². The Morgan fingerprint density at radius 1 is 1.13 bits per heavy atom. The largest absolute Gasteiger partial charge is 0.491 e. The maximum atomic E-state index is 14.7. The molecule has 1 unspecified atom stereocenters. The topological polar surface area (TPSA) is 157 Å². The van der Waals surface area contributed by atoms with Gasteiger partial charge in [0.15, 0.2) is 0 Å². The van der Waals surface area contributed by atoms with E-state index in [0.29, 0.717) is 42.1 Å². The molecule has 11 heteroatoms. The number of carbonyl (C=O) groups is 2. The second-order valence-corrected chi connectivity index (χ2v) is 14.2. The Kier molecular flexibility index (Phi) is 12.0. The van der Waals surface area contributed by atoms with E-state index in [2.05, 4.69) is 55.5 Å². The fourth-order valence-corrected chi connectivity index (χ4v) is 6.60. The number of benzene rings is 2. The Bertz CT molecular complexity index is 1420. The van der Waals surface area contributed by atoms with E-state index >= 15 is 0 Å². The molecular formula is C36H53N7O4. The number of ether oxygens (including phenoxy) is 2. The van der Waals surface area contributed by atoms with Crippen LogP contribution in [0.15, 0.2) is 58.6 Å². The summed E-state index contributed by atoms with van der Waals surface area (Å²) in [5.74, 6) is 6.84. The van der Waals surface area contributed by atoms with Crippen molar-refractivity contribution in [2.24, 2.45) is 38.9 Å². The van der Waals surface area contributed by atoms with E-state index in [4.69, 9.17) is 26.0 Å². The van der Waals surface area contributed by atoms with Crippen LogP contribution in [0.5, 0.6) is 5.75 Å². The number of nitrogens with one attached hydrogen (secondary N) is 2. The molecule has 1 heterocycles. The number of amidine groups is 1. The summed E-state index contributed by atoms with van der Waals surface area (Å²) in [6.45, 7) is 12.2. The third-order valence-corrected chi connectivity index (χ3v) is 9.30. The summed E-state index contributed by atoms with van der Waals surface area (Å²) >= 11 is 0. The van der Waals surface area contributed by atoms with E-state index in [9.17, 15) is 9.59 Å². The van der Waals surface area contributed by atoms with Crippen molar-refractivity contribution in [3.8, 4) is 5.75 Å². The first-order valence-corrected chi connectivity index (χ1v) is 16.7. The predicted molar refractivity (Wildman–Crippen MR) is 186 cm³/mol. The predicted octanol–water partition coefficient (Wildman–Crippen LogP) is 4.92. The molecule has 0 bridgehead atoms. The summed E-state index contributed by atoms with van der Waals surface area (Å²) in [6.07, 6.45) is 5.30. The minimum atomic E-state index is -0.642. The molecule has 2 aromatic rings. The fourth-order valence-electron chi connectivity index (χ4n) is 6.60. The standard InChI is InChI=1S/C36H53N7O4/c1-24(2)25-14-18-36(19-15-25)40-32(28-8-7-9-29(22-28)47-21-20-46-6)34(45)43(36)30(16-17-35(3,4)5)26-10-12-27(13-11-26)33(44)39-23-31(37)41-42-38/h7-13,22,24-25,30,42H,14-21,23,38H2,1-6H3,(H2,37,41)(H,39,44). The van der Waals surface area contributed by atoms with Crippen molar-refractivity contribution >= 4 is 23.4 Å². The number of carbonyl (C=O) groups excluding carboxylic acids is 2. The summed E-state index contributed by atoms with van der Waals surface area (Å²) in [7, 11) is 1.64. The van der Waals surface area contributed by atoms with Crippen LogP contribution in [0.25, 0.3) is 0 Å². The zero-order valence-electron chi connectivity index (χ0n) is 28.8. The monoisotopic (exact) mass is 647 g/mol. The van der Waals surface area contributed by atoms with Crippen LogP contribution in [0.2, 0.25) is 0 Å². The number of hydrogen-bond donors (Lipinski definition) is 4. The van der Waals surface area contributed by atoms with Gasteiger partial charge in [0, 0.05) is 18.2 Å². The second kappa shape index (κ2) is 15.8. The van der Waals surface area contributed by atoms with Crippen molar-refractivity contribution in [3.63, 3.8) is 0 Å². The Morgan fingerprint density at radius 2 is 1.83 bits per heavy atom. The van der Waals surface area contributed by atoms with Crippen molar-refractivity contribution in [1.82, 2.24) is 15.8 Å². The molecule has 1 aliphatic heterocycles. The zero-order chi connectivity index (χ0) is 34.2. The number of methoxy groups -OCH3 is 1. The number of rotatable bonds is 14. The van der Waals surface area contributed by atoms with Crippen molar-refractivity contribution in [2.75, 3.05) is 26.9 Å². The third-order valence-electron chi connectivity index (χ3n) is 9.30. The molecule has 2 aromatic carbocycles. The van der Waals surface area contributed by atoms with Crippen LogP contribution in [-0.2, 0) is 9.53 Å². The molecule has 0 radical (unpaired) electrons. The van der Waals surface area contributed by atoms with Crippen molar-refractivity contribution in [3.05, 3.63) is 65.2 Å². The lowest BCUT2D eigenvalue weighted by atomic mass is 9.75. The number of amides is 2. The van der Waals surface area contributed by atoms with Gasteiger partial charge in [0.1, 0.15) is 29.6 Å². The molecular weight excluding hydrogens is 594 g/mol. The maximum Gasteiger partial charge on any atom is 0.275 e. The first kappa shape index (κ1) is 35.9. The number of aliphatic imine (C=N–C) groups is 1. The molecule has 1 saturated carbocycles. The highest BCUT2D eigenvalue weighted by Gasteiger charge is 2.52. The van der Waals surface area contributed by atoms with Gasteiger partial charge in [-0.25, -0.2) is 11.4 Å². The van der Waals surface area contributed by atoms with Crippen LogP contribution >= 0.6 is 0 Å². The summed E-state index contributed by atoms with van der Waals surface area (Å²) in [4.78, 5) is 35.0. The molecule has 1 aliphatic carbocycles. The number of hydrazone groups is 1. The van der Waals surface area contributed by atoms with Crippen LogP contribution in [0.1, 0.15) is 101 Å². The van der Waals surface area contributed by atoms with Gasteiger partial charge in [-0.2, -0.15) is 5.10 Å². The van der Waals surface area contributed by atoms with Gasteiger partial charge in [-0.05, 0) is 85.6 Å². The molecule has 47 heavy (non-hydrogen) atoms. The summed E-state index contributed by atoms with van der Waals surface area (Å²) < 4.78 is 11.0. The highest BCUT2D eigenvalue weighted by Crippen LogP contribution is 2.48. The maximum absolute atomic E-state index is 14.7. The number of nitrogens with two attached hydrogens (primary N) is 2. The summed E-state index contributed by atoms with van der Waals surface area (Å²) in [5.41, 5.74) is 9.98. The summed E-state index contributed by atoms with van der Waals surface area (Å²) in [6, 6.07) is 14.9. The summed E-state index contributed by atoms with van der Waals surface area (Å²) in [5, 5.41) is 6.42.